The van der Waals surface area contributed by atoms with Crippen LogP contribution in [0.5, 0.6) is 11.5 Å². The van der Waals surface area contributed by atoms with Gasteiger partial charge in [0.15, 0.2) is 4.34 Å². The molecule has 0 radical (unpaired) electrons. The zero-order chi connectivity index (χ0) is 32.5. The lowest BCUT2D eigenvalue weighted by atomic mass is 9.94. The summed E-state index contributed by atoms with van der Waals surface area (Å²) < 4.78 is 26.6. The Balaban J connectivity index is 1.26. The first kappa shape index (κ1) is 30.6. The molecule has 1 N–H and O–H groups in total. The Hall–Kier alpha value is -5.00. The third-order valence-corrected chi connectivity index (χ3v) is 10.1. The first-order valence-corrected chi connectivity index (χ1v) is 16.7. The molecule has 4 aromatic carbocycles. The van der Waals surface area contributed by atoms with Crippen LogP contribution >= 0.6 is 23.1 Å². The maximum absolute atomic E-state index is 14.2. The summed E-state index contributed by atoms with van der Waals surface area (Å²) in [5.41, 5.74) is 3.27. The molecule has 0 bridgehead atoms. The van der Waals surface area contributed by atoms with Gasteiger partial charge in [-0.25, -0.2) is 4.39 Å². The van der Waals surface area contributed by atoms with E-state index in [0.717, 1.165) is 28.2 Å². The van der Waals surface area contributed by atoms with E-state index in [0.29, 0.717) is 45.6 Å². The van der Waals surface area contributed by atoms with Gasteiger partial charge >= 0.3 is 5.91 Å². The molecular formula is C36H28FN3O5S2. The highest BCUT2D eigenvalue weighted by atomic mass is 32.2. The van der Waals surface area contributed by atoms with Crippen molar-refractivity contribution in [2.24, 2.45) is 0 Å². The van der Waals surface area contributed by atoms with E-state index in [1.54, 1.807) is 60.7 Å². The Kier molecular flexibility index (Phi) is 8.48. The van der Waals surface area contributed by atoms with Crippen molar-refractivity contribution in [3.8, 4) is 11.5 Å². The van der Waals surface area contributed by atoms with Crippen LogP contribution in [-0.4, -0.2) is 33.1 Å². The minimum absolute atomic E-state index is 0.00514. The number of ether oxygens (including phenoxy) is 2. The SMILES string of the molecule is C[C@H]1Cc2cc(C(O)=C3C(=O)C(=O)N(c4nnc(SCc5ccccc5F)s4)[C@@H]3c3cccc(OCc4ccccc4)c3)ccc2O1. The minimum atomic E-state index is -1.02. The Bertz CT molecular complexity index is 2010. The molecule has 5 aromatic rings. The topological polar surface area (TPSA) is 102 Å². The Morgan fingerprint density at radius 2 is 1.83 bits per heavy atom. The van der Waals surface area contributed by atoms with Crippen LogP contribution in [-0.2, 0) is 28.4 Å². The van der Waals surface area contributed by atoms with Crippen LogP contribution in [0.4, 0.5) is 9.52 Å². The number of Topliss-reactive ketones (excluding diaryl/α,β-unsaturated/α-hetero) is 1. The normalized spacial score (nSPS) is 18.3. The van der Waals surface area contributed by atoms with Gasteiger partial charge < -0.3 is 14.6 Å². The second-order valence-electron chi connectivity index (χ2n) is 11.2. The van der Waals surface area contributed by atoms with Crippen LogP contribution in [0, 0.1) is 5.82 Å². The first-order chi connectivity index (χ1) is 22.9. The number of hydrogen-bond acceptors (Lipinski definition) is 9. The second-order valence-corrected chi connectivity index (χ2v) is 13.4. The van der Waals surface area contributed by atoms with Crippen molar-refractivity contribution >= 4 is 45.7 Å². The number of nitrogens with zero attached hydrogens (tertiary/aromatic N) is 3. The van der Waals surface area contributed by atoms with Gasteiger partial charge in [-0.2, -0.15) is 0 Å². The summed E-state index contributed by atoms with van der Waals surface area (Å²) in [6, 6.07) is 27.5. The highest BCUT2D eigenvalue weighted by Crippen LogP contribution is 2.45. The monoisotopic (exact) mass is 665 g/mol. The number of anilines is 1. The number of ketones is 1. The van der Waals surface area contributed by atoms with Gasteiger partial charge in [-0.05, 0) is 65.6 Å². The summed E-state index contributed by atoms with van der Waals surface area (Å²) in [5.74, 6) is -0.742. The molecule has 2 atom stereocenters. The van der Waals surface area contributed by atoms with Crippen molar-refractivity contribution in [2.45, 2.75) is 42.2 Å². The highest BCUT2D eigenvalue weighted by Gasteiger charge is 2.48. The number of amides is 1. The lowest BCUT2D eigenvalue weighted by Crippen LogP contribution is -2.29. The van der Waals surface area contributed by atoms with Crippen LogP contribution in [0.2, 0.25) is 0 Å². The smallest absolute Gasteiger partial charge is 0.301 e. The number of rotatable bonds is 9. The minimum Gasteiger partial charge on any atom is -0.507 e. The molecule has 236 valence electrons. The quantitative estimate of drug-likeness (QED) is 0.0568. The average molecular weight is 666 g/mol. The molecule has 1 amide bonds. The summed E-state index contributed by atoms with van der Waals surface area (Å²) in [4.78, 5) is 28.8. The maximum Gasteiger partial charge on any atom is 0.301 e. The molecule has 0 saturated carbocycles. The lowest BCUT2D eigenvalue weighted by molar-refractivity contribution is -0.132. The van der Waals surface area contributed by atoms with E-state index in [1.807, 2.05) is 37.3 Å². The molecule has 1 aromatic heterocycles. The number of aromatic nitrogens is 2. The fourth-order valence-corrected chi connectivity index (χ4v) is 7.55. The first-order valence-electron chi connectivity index (χ1n) is 14.9. The van der Waals surface area contributed by atoms with Gasteiger partial charge in [-0.1, -0.05) is 83.8 Å². The number of hydrogen-bond donors (Lipinski definition) is 1. The third-order valence-electron chi connectivity index (χ3n) is 7.95. The predicted molar refractivity (Wildman–Crippen MR) is 178 cm³/mol. The fraction of sp³-hybridized carbons (Fsp3) is 0.167. The highest BCUT2D eigenvalue weighted by molar-refractivity contribution is 8.00. The van der Waals surface area contributed by atoms with Gasteiger partial charge in [0.2, 0.25) is 5.13 Å². The van der Waals surface area contributed by atoms with E-state index >= 15 is 0 Å². The predicted octanol–water partition coefficient (Wildman–Crippen LogP) is 7.50. The van der Waals surface area contributed by atoms with Gasteiger partial charge in [-0.3, -0.25) is 14.5 Å². The molecule has 0 aliphatic carbocycles. The van der Waals surface area contributed by atoms with Gasteiger partial charge in [0, 0.05) is 17.7 Å². The molecule has 1 saturated heterocycles. The zero-order valence-electron chi connectivity index (χ0n) is 25.1. The Morgan fingerprint density at radius 3 is 2.66 bits per heavy atom. The van der Waals surface area contributed by atoms with Gasteiger partial charge in [0.05, 0.1) is 11.6 Å². The molecule has 8 nitrogen and oxygen atoms in total. The van der Waals surface area contributed by atoms with Gasteiger partial charge in [-0.15, -0.1) is 10.2 Å². The van der Waals surface area contributed by atoms with Gasteiger partial charge in [0.25, 0.3) is 5.78 Å². The van der Waals surface area contributed by atoms with E-state index in [-0.39, 0.29) is 28.4 Å². The molecule has 3 heterocycles. The molecule has 0 unspecified atom stereocenters. The van der Waals surface area contributed by atoms with Crippen molar-refractivity contribution in [3.63, 3.8) is 0 Å². The van der Waals surface area contributed by atoms with Crippen LogP contribution in [0.15, 0.2) is 107 Å². The number of halogens is 1. The molecule has 2 aliphatic rings. The molecular weight excluding hydrogens is 638 g/mol. The van der Waals surface area contributed by atoms with Crippen LogP contribution in [0.25, 0.3) is 5.76 Å². The Labute approximate surface area is 278 Å². The standard InChI is InChI=1S/C36H28FN3O5S2/c1-21-16-26-17-24(14-15-29(26)45-21)32(41)30-31(23-11-7-12-27(18-23)44-19-22-8-3-2-4-9-22)40(34(43)33(30)42)35-38-39-36(47-35)46-20-25-10-5-6-13-28(25)37/h2-15,17-18,21,31,41H,16,19-20H2,1H3/t21-,31+/m0/s1. The van der Waals surface area contributed by atoms with Crippen molar-refractivity contribution < 1.29 is 28.6 Å². The summed E-state index contributed by atoms with van der Waals surface area (Å²) in [7, 11) is 0. The number of benzene rings is 4. The molecule has 1 fully saturated rings. The van der Waals surface area contributed by atoms with Crippen molar-refractivity contribution in [1.29, 1.82) is 0 Å². The third kappa shape index (κ3) is 6.24. The number of carbonyl (C=O) groups is 2. The molecule has 0 spiro atoms. The van der Waals surface area contributed by atoms with Crippen LogP contribution in [0.3, 0.4) is 0 Å². The van der Waals surface area contributed by atoms with Crippen molar-refractivity contribution in [1.82, 2.24) is 10.2 Å². The van der Waals surface area contributed by atoms with Gasteiger partial charge in [0.1, 0.15) is 35.8 Å². The van der Waals surface area contributed by atoms with E-state index < -0.39 is 17.7 Å². The van der Waals surface area contributed by atoms with E-state index in [4.69, 9.17) is 9.47 Å². The summed E-state index contributed by atoms with van der Waals surface area (Å²) in [5, 5.41) is 20.4. The van der Waals surface area contributed by atoms with Crippen LogP contribution < -0.4 is 14.4 Å². The van der Waals surface area contributed by atoms with E-state index in [9.17, 15) is 19.1 Å². The van der Waals surface area contributed by atoms with Crippen molar-refractivity contribution in [2.75, 3.05) is 4.90 Å². The lowest BCUT2D eigenvalue weighted by Gasteiger charge is -2.23. The molecule has 7 rings (SSSR count). The molecule has 2 aliphatic heterocycles. The maximum atomic E-state index is 14.2. The summed E-state index contributed by atoms with van der Waals surface area (Å²) >= 11 is 2.39. The zero-order valence-corrected chi connectivity index (χ0v) is 26.8. The second kappa shape index (κ2) is 13.0. The average Bonchev–Trinajstić information content (AvgIpc) is 3.78. The van der Waals surface area contributed by atoms with E-state index in [1.165, 1.54) is 22.7 Å². The molecule has 47 heavy (non-hydrogen) atoms. The summed E-state index contributed by atoms with van der Waals surface area (Å²) in [6.45, 7) is 2.28. The van der Waals surface area contributed by atoms with E-state index in [2.05, 4.69) is 10.2 Å². The fourth-order valence-electron chi connectivity index (χ4n) is 5.70. The number of carbonyl (C=O) groups excluding carboxylic acids is 2. The molecule has 11 heteroatoms. The van der Waals surface area contributed by atoms with Crippen molar-refractivity contribution in [3.05, 3.63) is 136 Å². The largest absolute Gasteiger partial charge is 0.507 e. The Morgan fingerprint density at radius 1 is 1.02 bits per heavy atom. The number of thioether (sulfide) groups is 1. The number of aliphatic hydroxyl groups excluding tert-OH is 1. The number of aliphatic hydroxyl groups is 1. The van der Waals surface area contributed by atoms with Crippen LogP contribution in [0.1, 0.15) is 40.8 Å². The summed E-state index contributed by atoms with van der Waals surface area (Å²) in [6.07, 6.45) is 0.655. The number of fused-ring (bicyclic) bond motifs is 1.